The normalized spacial score (nSPS) is 12.6. The zero-order valence-electron chi connectivity index (χ0n) is 15.3. The van der Waals surface area contributed by atoms with Crippen LogP contribution in [-0.4, -0.2) is 42.4 Å². The lowest BCUT2D eigenvalue weighted by Crippen LogP contribution is -2.43. The van der Waals surface area contributed by atoms with Gasteiger partial charge in [-0.3, -0.25) is 4.79 Å². The molecule has 0 saturated carbocycles. The molecule has 0 spiro atoms. The molecule has 6 nitrogen and oxygen atoms in total. The van der Waals surface area contributed by atoms with Crippen LogP contribution in [0.2, 0.25) is 0 Å². The van der Waals surface area contributed by atoms with E-state index in [-0.39, 0.29) is 24.2 Å². The summed E-state index contributed by atoms with van der Waals surface area (Å²) in [5.74, 6) is 0.977. The maximum Gasteiger partial charge on any atom is 0.258 e. The van der Waals surface area contributed by atoms with Gasteiger partial charge in [0.2, 0.25) is 0 Å². The minimum atomic E-state index is -0.389. The Morgan fingerprint density at radius 2 is 1.96 bits per heavy atom. The van der Waals surface area contributed by atoms with Crippen molar-refractivity contribution in [3.05, 3.63) is 23.8 Å². The van der Waals surface area contributed by atoms with Crippen LogP contribution < -0.4 is 20.1 Å². The third-order valence-corrected chi connectivity index (χ3v) is 2.95. The Kier molecular flexibility index (Phi) is 8.01. The van der Waals surface area contributed by atoms with E-state index >= 15 is 0 Å². The molecule has 24 heavy (non-hydrogen) atoms. The zero-order valence-corrected chi connectivity index (χ0v) is 15.3. The van der Waals surface area contributed by atoms with Gasteiger partial charge in [-0.2, -0.15) is 0 Å². The molecule has 1 aromatic carbocycles. The molecule has 6 heteroatoms. The number of hydrogen-bond donors (Lipinski definition) is 3. The zero-order chi connectivity index (χ0) is 18.2. The monoisotopic (exact) mass is 338 g/mol. The largest absolute Gasteiger partial charge is 0.490 e. The number of aliphatic hydroxyl groups excluding tert-OH is 1. The summed E-state index contributed by atoms with van der Waals surface area (Å²) in [7, 11) is 0. The van der Waals surface area contributed by atoms with Gasteiger partial charge in [0.1, 0.15) is 0 Å². The Labute approximate surface area is 144 Å². The van der Waals surface area contributed by atoms with Crippen molar-refractivity contribution in [3.8, 4) is 11.5 Å². The highest BCUT2D eigenvalue weighted by Gasteiger charge is 2.15. The second-order valence-corrected chi connectivity index (χ2v) is 6.78. The summed E-state index contributed by atoms with van der Waals surface area (Å²) in [6.45, 7) is 11.0. The first kappa shape index (κ1) is 20.3. The Bertz CT molecular complexity index is 524. The van der Waals surface area contributed by atoms with Gasteiger partial charge in [0, 0.05) is 18.6 Å². The van der Waals surface area contributed by atoms with Crippen molar-refractivity contribution in [3.63, 3.8) is 0 Å². The van der Waals surface area contributed by atoms with E-state index in [2.05, 4.69) is 10.6 Å². The number of rotatable bonds is 9. The summed E-state index contributed by atoms with van der Waals surface area (Å²) in [5.41, 5.74) is 0.730. The molecule has 1 amide bonds. The molecule has 3 N–H and O–H groups in total. The minimum Gasteiger partial charge on any atom is -0.490 e. The van der Waals surface area contributed by atoms with E-state index in [1.165, 1.54) is 0 Å². The lowest BCUT2D eigenvalue weighted by atomic mass is 10.1. The minimum absolute atomic E-state index is 0.0586. The molecule has 1 atom stereocenters. The number of nitrogens with one attached hydrogen (secondary N) is 2. The van der Waals surface area contributed by atoms with Gasteiger partial charge in [0.25, 0.3) is 5.91 Å². The van der Waals surface area contributed by atoms with Crippen LogP contribution in [0.15, 0.2) is 18.2 Å². The van der Waals surface area contributed by atoms with Crippen molar-refractivity contribution in [2.75, 3.05) is 19.8 Å². The van der Waals surface area contributed by atoms with Gasteiger partial charge in [-0.1, -0.05) is 6.07 Å². The number of aliphatic hydroxyl groups is 1. The summed E-state index contributed by atoms with van der Waals surface area (Å²) >= 11 is 0. The molecule has 0 saturated heterocycles. The molecular formula is C18H30N2O4. The summed E-state index contributed by atoms with van der Waals surface area (Å²) in [6, 6.07) is 5.60. The number of carbonyl (C=O) groups excluding carboxylic acids is 1. The van der Waals surface area contributed by atoms with Gasteiger partial charge in [0.15, 0.2) is 18.1 Å². The first-order chi connectivity index (χ1) is 11.2. The molecule has 0 heterocycles. The first-order valence-electron chi connectivity index (χ1n) is 8.29. The topological polar surface area (TPSA) is 79.8 Å². The predicted molar refractivity (Wildman–Crippen MR) is 94.4 cm³/mol. The van der Waals surface area contributed by atoms with Gasteiger partial charge in [-0.25, -0.2) is 0 Å². The molecule has 136 valence electrons. The molecule has 0 aromatic heterocycles. The molecule has 0 aliphatic heterocycles. The van der Waals surface area contributed by atoms with E-state index in [1.54, 1.807) is 13.0 Å². The van der Waals surface area contributed by atoms with Crippen molar-refractivity contribution >= 4 is 5.91 Å². The summed E-state index contributed by atoms with van der Waals surface area (Å²) in [5, 5.41) is 15.3. The fourth-order valence-corrected chi connectivity index (χ4v) is 2.07. The van der Waals surface area contributed by atoms with E-state index in [9.17, 15) is 9.90 Å². The van der Waals surface area contributed by atoms with Gasteiger partial charge >= 0.3 is 0 Å². The fourth-order valence-electron chi connectivity index (χ4n) is 2.07. The van der Waals surface area contributed by atoms with Crippen LogP contribution in [0, 0.1) is 0 Å². The smallest absolute Gasteiger partial charge is 0.258 e. The van der Waals surface area contributed by atoms with Gasteiger partial charge in [-0.15, -0.1) is 0 Å². The fraction of sp³-hybridized carbons (Fsp3) is 0.611. The van der Waals surface area contributed by atoms with E-state index in [4.69, 9.17) is 9.47 Å². The number of hydrogen-bond acceptors (Lipinski definition) is 5. The highest BCUT2D eigenvalue weighted by molar-refractivity contribution is 5.78. The summed E-state index contributed by atoms with van der Waals surface area (Å²) in [6.07, 6.45) is -0.389. The van der Waals surface area contributed by atoms with E-state index < -0.39 is 0 Å². The van der Waals surface area contributed by atoms with Crippen LogP contribution in [0.4, 0.5) is 0 Å². The van der Waals surface area contributed by atoms with Crippen LogP contribution >= 0.6 is 0 Å². The van der Waals surface area contributed by atoms with E-state index in [0.717, 1.165) is 5.56 Å². The molecule has 0 aliphatic rings. The second kappa shape index (κ2) is 9.49. The molecule has 0 aliphatic carbocycles. The Morgan fingerprint density at radius 3 is 2.54 bits per heavy atom. The lowest BCUT2D eigenvalue weighted by Gasteiger charge is -2.21. The number of amides is 1. The molecular weight excluding hydrogens is 308 g/mol. The Morgan fingerprint density at radius 1 is 1.25 bits per heavy atom. The van der Waals surface area contributed by atoms with Crippen molar-refractivity contribution in [2.24, 2.45) is 0 Å². The van der Waals surface area contributed by atoms with Crippen LogP contribution in [0.1, 0.15) is 40.2 Å². The Balaban J connectivity index is 2.67. The number of carbonyl (C=O) groups is 1. The van der Waals surface area contributed by atoms with Crippen molar-refractivity contribution in [1.29, 1.82) is 0 Å². The highest BCUT2D eigenvalue weighted by atomic mass is 16.5. The molecule has 0 bridgehead atoms. The molecule has 0 fully saturated rings. The van der Waals surface area contributed by atoms with Crippen molar-refractivity contribution < 1.29 is 19.4 Å². The molecule has 1 rings (SSSR count). The van der Waals surface area contributed by atoms with Crippen LogP contribution in [-0.2, 0) is 11.3 Å². The lowest BCUT2D eigenvalue weighted by molar-refractivity contribution is -0.124. The van der Waals surface area contributed by atoms with Gasteiger partial charge < -0.3 is 25.2 Å². The van der Waals surface area contributed by atoms with Gasteiger partial charge in [-0.05, 0) is 52.3 Å². The summed E-state index contributed by atoms with van der Waals surface area (Å²) < 4.78 is 11.2. The average Bonchev–Trinajstić information content (AvgIpc) is 2.44. The average molecular weight is 338 g/mol. The Hall–Kier alpha value is -1.79. The van der Waals surface area contributed by atoms with Gasteiger partial charge in [0.05, 0.1) is 12.7 Å². The van der Waals surface area contributed by atoms with Crippen LogP contribution in [0.3, 0.4) is 0 Å². The SMILES string of the molecule is CCOc1cc(CNC[C@H](C)O)ccc1OCC(=O)NC(C)(C)C. The number of ether oxygens (including phenoxy) is 2. The summed E-state index contributed by atoms with van der Waals surface area (Å²) in [4.78, 5) is 11.9. The third kappa shape index (κ3) is 8.17. The van der Waals surface area contributed by atoms with E-state index in [0.29, 0.717) is 31.2 Å². The maximum absolute atomic E-state index is 11.9. The quantitative estimate of drug-likeness (QED) is 0.640. The molecule has 0 unspecified atom stereocenters. The molecule has 0 radical (unpaired) electrons. The molecule has 1 aromatic rings. The number of benzene rings is 1. The third-order valence-electron chi connectivity index (χ3n) is 2.95. The van der Waals surface area contributed by atoms with Crippen LogP contribution in [0.5, 0.6) is 11.5 Å². The maximum atomic E-state index is 11.9. The first-order valence-corrected chi connectivity index (χ1v) is 8.29. The standard InChI is InChI=1S/C18H30N2O4/c1-6-23-16-9-14(11-19-10-13(2)21)7-8-15(16)24-12-17(22)20-18(3,4)5/h7-9,13,19,21H,6,10-12H2,1-5H3,(H,20,22)/t13-/m0/s1. The van der Waals surface area contributed by atoms with Crippen LogP contribution in [0.25, 0.3) is 0 Å². The predicted octanol–water partition coefficient (Wildman–Crippen LogP) is 1.85. The highest BCUT2D eigenvalue weighted by Crippen LogP contribution is 2.28. The van der Waals surface area contributed by atoms with Crippen molar-refractivity contribution in [2.45, 2.75) is 52.8 Å². The van der Waals surface area contributed by atoms with Crippen molar-refractivity contribution in [1.82, 2.24) is 10.6 Å². The van der Waals surface area contributed by atoms with E-state index in [1.807, 2.05) is 39.8 Å². The second-order valence-electron chi connectivity index (χ2n) is 6.78.